The lowest BCUT2D eigenvalue weighted by atomic mass is 10.1. The molecule has 1 aromatic heterocycles. The van der Waals surface area contributed by atoms with E-state index >= 15 is 0 Å². The minimum absolute atomic E-state index is 0.0226. The molecule has 94 valence electrons. The summed E-state index contributed by atoms with van der Waals surface area (Å²) in [5.41, 5.74) is 2.54. The largest absolute Gasteiger partial charge is 0.364 e. The Morgan fingerprint density at radius 3 is 2.61 bits per heavy atom. The van der Waals surface area contributed by atoms with Crippen molar-refractivity contribution >= 4 is 5.82 Å². The predicted molar refractivity (Wildman–Crippen MR) is 72.1 cm³/mol. The molecule has 0 aliphatic rings. The van der Waals surface area contributed by atoms with Gasteiger partial charge in [0.25, 0.3) is 0 Å². The van der Waals surface area contributed by atoms with Gasteiger partial charge in [-0.25, -0.2) is 9.37 Å². The van der Waals surface area contributed by atoms with Crippen molar-refractivity contribution in [2.45, 2.75) is 26.8 Å². The van der Waals surface area contributed by atoms with Crippen LogP contribution in [0.15, 0.2) is 36.4 Å². The number of aromatic nitrogens is 1. The summed E-state index contributed by atoms with van der Waals surface area (Å²) >= 11 is 0. The molecule has 0 saturated carbocycles. The number of aryl methyl sites for hydroxylation is 2. The third-order valence-electron chi connectivity index (χ3n) is 2.95. The van der Waals surface area contributed by atoms with Crippen molar-refractivity contribution in [1.29, 1.82) is 0 Å². The Labute approximate surface area is 107 Å². The average molecular weight is 244 g/mol. The zero-order valence-electron chi connectivity index (χ0n) is 10.9. The Balaban J connectivity index is 2.16. The summed E-state index contributed by atoms with van der Waals surface area (Å²) in [6.45, 7) is 5.70. The molecule has 2 nitrogen and oxygen atoms in total. The number of nitrogens with zero attached hydrogens (tertiary/aromatic N) is 1. The first-order chi connectivity index (χ1) is 8.56. The van der Waals surface area contributed by atoms with Crippen LogP contribution in [0.25, 0.3) is 0 Å². The van der Waals surface area contributed by atoms with Crippen molar-refractivity contribution in [1.82, 2.24) is 4.98 Å². The van der Waals surface area contributed by atoms with Crippen molar-refractivity contribution in [3.63, 3.8) is 0 Å². The van der Waals surface area contributed by atoms with Gasteiger partial charge in [0.1, 0.15) is 11.6 Å². The van der Waals surface area contributed by atoms with Gasteiger partial charge in [0.2, 0.25) is 0 Å². The minimum atomic E-state index is -0.168. The van der Waals surface area contributed by atoms with Gasteiger partial charge >= 0.3 is 0 Å². The maximum Gasteiger partial charge on any atom is 0.126 e. The molecule has 0 aliphatic heterocycles. The van der Waals surface area contributed by atoms with E-state index in [1.807, 2.05) is 38.1 Å². The second-order valence-corrected chi connectivity index (χ2v) is 4.54. The van der Waals surface area contributed by atoms with Gasteiger partial charge in [-0.2, -0.15) is 0 Å². The number of hydrogen-bond donors (Lipinski definition) is 1. The molecule has 2 rings (SSSR count). The van der Waals surface area contributed by atoms with Crippen LogP contribution in [0.3, 0.4) is 0 Å². The molecule has 1 atom stereocenters. The van der Waals surface area contributed by atoms with Gasteiger partial charge in [-0.05, 0) is 50.1 Å². The molecular weight excluding hydrogens is 227 g/mol. The molecule has 0 amide bonds. The summed E-state index contributed by atoms with van der Waals surface area (Å²) in [4.78, 5) is 4.37. The van der Waals surface area contributed by atoms with E-state index in [-0.39, 0.29) is 11.9 Å². The average Bonchev–Trinajstić information content (AvgIpc) is 2.32. The van der Waals surface area contributed by atoms with Crippen LogP contribution >= 0.6 is 0 Å². The van der Waals surface area contributed by atoms with Crippen LogP contribution in [0.2, 0.25) is 0 Å². The Bertz CT molecular complexity index is 552. The molecule has 2 aromatic rings. The SMILES string of the molecule is Cc1cccc(NC(C)c2ccc(C)c(F)c2)n1. The van der Waals surface area contributed by atoms with E-state index in [1.54, 1.807) is 19.1 Å². The van der Waals surface area contributed by atoms with E-state index in [0.717, 1.165) is 17.1 Å². The lowest BCUT2D eigenvalue weighted by Gasteiger charge is -2.15. The lowest BCUT2D eigenvalue weighted by molar-refractivity contribution is 0.614. The summed E-state index contributed by atoms with van der Waals surface area (Å²) in [7, 11) is 0. The number of hydrogen-bond acceptors (Lipinski definition) is 2. The second-order valence-electron chi connectivity index (χ2n) is 4.54. The number of nitrogens with one attached hydrogen (secondary N) is 1. The highest BCUT2D eigenvalue weighted by molar-refractivity contribution is 5.39. The second kappa shape index (κ2) is 5.17. The highest BCUT2D eigenvalue weighted by Crippen LogP contribution is 2.20. The molecule has 18 heavy (non-hydrogen) atoms. The summed E-state index contributed by atoms with van der Waals surface area (Å²) in [6, 6.07) is 11.1. The maximum absolute atomic E-state index is 13.5. The predicted octanol–water partition coefficient (Wildman–Crippen LogP) is 4.01. The van der Waals surface area contributed by atoms with Crippen molar-refractivity contribution in [3.8, 4) is 0 Å². The molecule has 1 aromatic carbocycles. The molecule has 0 bridgehead atoms. The van der Waals surface area contributed by atoms with Crippen molar-refractivity contribution < 1.29 is 4.39 Å². The molecule has 0 aliphatic carbocycles. The zero-order valence-corrected chi connectivity index (χ0v) is 10.9. The van der Waals surface area contributed by atoms with Crippen LogP contribution < -0.4 is 5.32 Å². The van der Waals surface area contributed by atoms with Gasteiger partial charge in [-0.1, -0.05) is 18.2 Å². The van der Waals surface area contributed by atoms with Crippen molar-refractivity contribution in [2.75, 3.05) is 5.32 Å². The van der Waals surface area contributed by atoms with Crippen LogP contribution in [0, 0.1) is 19.7 Å². The fraction of sp³-hybridized carbons (Fsp3) is 0.267. The number of benzene rings is 1. The van der Waals surface area contributed by atoms with E-state index < -0.39 is 0 Å². The molecule has 0 radical (unpaired) electrons. The van der Waals surface area contributed by atoms with Crippen LogP contribution in [0.4, 0.5) is 10.2 Å². The third-order valence-corrected chi connectivity index (χ3v) is 2.95. The van der Waals surface area contributed by atoms with E-state index in [1.165, 1.54) is 0 Å². The van der Waals surface area contributed by atoms with Gasteiger partial charge in [0, 0.05) is 5.69 Å². The van der Waals surface area contributed by atoms with E-state index in [4.69, 9.17) is 0 Å². The first-order valence-electron chi connectivity index (χ1n) is 6.02. The zero-order chi connectivity index (χ0) is 13.1. The van der Waals surface area contributed by atoms with Crippen LogP contribution in [-0.2, 0) is 0 Å². The minimum Gasteiger partial charge on any atom is -0.364 e. The van der Waals surface area contributed by atoms with Crippen LogP contribution in [0.5, 0.6) is 0 Å². The van der Waals surface area contributed by atoms with Gasteiger partial charge in [0.05, 0.1) is 6.04 Å². The number of pyridine rings is 1. The Hall–Kier alpha value is -1.90. The van der Waals surface area contributed by atoms with E-state index in [0.29, 0.717) is 5.56 Å². The van der Waals surface area contributed by atoms with Crippen molar-refractivity contribution in [2.24, 2.45) is 0 Å². The quantitative estimate of drug-likeness (QED) is 0.882. The monoisotopic (exact) mass is 244 g/mol. The standard InChI is InChI=1S/C15H17FN2/c1-10-7-8-13(9-14(10)16)12(3)18-15-6-4-5-11(2)17-15/h4-9,12H,1-3H3,(H,17,18). The lowest BCUT2D eigenvalue weighted by Crippen LogP contribution is -2.08. The molecule has 3 heteroatoms. The molecule has 1 heterocycles. The Morgan fingerprint density at radius 2 is 1.94 bits per heavy atom. The van der Waals surface area contributed by atoms with Gasteiger partial charge < -0.3 is 5.32 Å². The van der Waals surface area contributed by atoms with E-state index in [2.05, 4.69) is 10.3 Å². The maximum atomic E-state index is 13.5. The molecule has 0 fully saturated rings. The summed E-state index contributed by atoms with van der Waals surface area (Å²) in [5.74, 6) is 0.641. The molecule has 0 spiro atoms. The van der Waals surface area contributed by atoms with Crippen LogP contribution in [0.1, 0.15) is 29.8 Å². The van der Waals surface area contributed by atoms with Gasteiger partial charge in [-0.15, -0.1) is 0 Å². The number of rotatable bonds is 3. The normalized spacial score (nSPS) is 12.2. The first-order valence-corrected chi connectivity index (χ1v) is 6.02. The summed E-state index contributed by atoms with van der Waals surface area (Å²) in [5, 5.41) is 3.27. The fourth-order valence-corrected chi connectivity index (χ4v) is 1.81. The highest BCUT2D eigenvalue weighted by Gasteiger charge is 2.08. The molecule has 1 unspecified atom stereocenters. The van der Waals surface area contributed by atoms with Crippen LogP contribution in [-0.4, -0.2) is 4.98 Å². The smallest absolute Gasteiger partial charge is 0.126 e. The third kappa shape index (κ3) is 2.86. The summed E-state index contributed by atoms with van der Waals surface area (Å²) in [6.07, 6.45) is 0. The van der Waals surface area contributed by atoms with Crippen molar-refractivity contribution in [3.05, 3.63) is 59.0 Å². The number of halogens is 1. The fourth-order valence-electron chi connectivity index (χ4n) is 1.81. The Kier molecular flexibility index (Phi) is 3.60. The Morgan fingerprint density at radius 1 is 1.17 bits per heavy atom. The molecule has 0 saturated heterocycles. The van der Waals surface area contributed by atoms with Gasteiger partial charge in [0.15, 0.2) is 0 Å². The summed E-state index contributed by atoms with van der Waals surface area (Å²) < 4.78 is 13.5. The first kappa shape index (κ1) is 12.6. The molecular formula is C15H17FN2. The van der Waals surface area contributed by atoms with Gasteiger partial charge in [-0.3, -0.25) is 0 Å². The number of anilines is 1. The molecule has 1 N–H and O–H groups in total. The topological polar surface area (TPSA) is 24.9 Å². The highest BCUT2D eigenvalue weighted by atomic mass is 19.1. The van der Waals surface area contributed by atoms with E-state index in [9.17, 15) is 4.39 Å².